The first-order valence-electron chi connectivity index (χ1n) is 6.77. The number of aryl methyl sites for hydroxylation is 2. The van der Waals surface area contributed by atoms with Gasteiger partial charge in [-0.25, -0.2) is 0 Å². The number of alkyl halides is 3. The Kier molecular flexibility index (Phi) is 4.17. The molecule has 0 aromatic heterocycles. The third kappa shape index (κ3) is 3.08. The molecule has 1 aliphatic heterocycles. The van der Waals surface area contributed by atoms with Crippen LogP contribution in [-0.4, -0.2) is 41.1 Å². The van der Waals surface area contributed by atoms with Crippen LogP contribution in [0.15, 0.2) is 18.2 Å². The van der Waals surface area contributed by atoms with E-state index in [1.807, 2.05) is 6.92 Å². The molecule has 1 N–H and O–H groups in total. The van der Waals surface area contributed by atoms with Crippen LogP contribution in [0.25, 0.3) is 0 Å². The Morgan fingerprint density at radius 1 is 1.18 bits per heavy atom. The molecule has 0 bridgehead atoms. The Morgan fingerprint density at radius 2 is 1.82 bits per heavy atom. The van der Waals surface area contributed by atoms with Crippen molar-refractivity contribution >= 4 is 11.9 Å². The molecule has 2 rings (SSSR count). The molecule has 0 saturated carbocycles. The second-order valence-corrected chi connectivity index (χ2v) is 5.60. The van der Waals surface area contributed by atoms with Gasteiger partial charge >= 0.3 is 12.1 Å². The van der Waals surface area contributed by atoms with Gasteiger partial charge in [-0.2, -0.15) is 13.2 Å². The van der Waals surface area contributed by atoms with Gasteiger partial charge in [0.2, 0.25) is 0 Å². The Hall–Kier alpha value is -2.05. The molecule has 1 aromatic rings. The largest absolute Gasteiger partial charge is 0.481 e. The van der Waals surface area contributed by atoms with Gasteiger partial charge in [0.1, 0.15) is 0 Å². The Balaban J connectivity index is 2.24. The van der Waals surface area contributed by atoms with Gasteiger partial charge in [-0.05, 0) is 37.1 Å². The summed E-state index contributed by atoms with van der Waals surface area (Å²) in [6, 6.07) is 4.87. The predicted octanol–water partition coefficient (Wildman–Crippen LogP) is 2.64. The fourth-order valence-corrected chi connectivity index (χ4v) is 2.61. The molecule has 1 heterocycles. The third-order valence-electron chi connectivity index (χ3n) is 4.10. The lowest BCUT2D eigenvalue weighted by Gasteiger charge is -2.18. The molecule has 0 unspecified atom stereocenters. The molecule has 0 spiro atoms. The highest BCUT2D eigenvalue weighted by Crippen LogP contribution is 2.38. The fraction of sp³-hybridized carbons (Fsp3) is 0.467. The molecule has 1 amide bonds. The minimum atomic E-state index is -4.64. The van der Waals surface area contributed by atoms with E-state index in [-0.39, 0.29) is 5.56 Å². The quantitative estimate of drug-likeness (QED) is 0.913. The first-order valence-corrected chi connectivity index (χ1v) is 6.77. The maximum absolute atomic E-state index is 12.9. The number of carboxylic acids is 1. The normalized spacial score (nSPS) is 22.0. The smallest absolute Gasteiger partial charge is 0.394 e. The summed E-state index contributed by atoms with van der Waals surface area (Å²) in [5, 5.41) is 8.96. The summed E-state index contributed by atoms with van der Waals surface area (Å²) < 4.78 is 38.8. The summed E-state index contributed by atoms with van der Waals surface area (Å²) in [6.45, 7) is 2.62. The molecule has 1 aliphatic rings. The predicted molar refractivity (Wildman–Crippen MR) is 72.5 cm³/mol. The van der Waals surface area contributed by atoms with Crippen molar-refractivity contribution in [3.63, 3.8) is 0 Å². The summed E-state index contributed by atoms with van der Waals surface area (Å²) >= 11 is 0. The molecule has 0 aliphatic carbocycles. The van der Waals surface area contributed by atoms with Gasteiger partial charge in [0.15, 0.2) is 0 Å². The third-order valence-corrected chi connectivity index (χ3v) is 4.10. The molecule has 22 heavy (non-hydrogen) atoms. The van der Waals surface area contributed by atoms with Crippen molar-refractivity contribution in [2.24, 2.45) is 11.8 Å². The number of amides is 1. The van der Waals surface area contributed by atoms with Crippen molar-refractivity contribution in [1.82, 2.24) is 4.90 Å². The van der Waals surface area contributed by atoms with Gasteiger partial charge in [0, 0.05) is 18.7 Å². The van der Waals surface area contributed by atoms with E-state index in [1.165, 1.54) is 0 Å². The fourth-order valence-electron chi connectivity index (χ4n) is 2.61. The topological polar surface area (TPSA) is 57.6 Å². The van der Waals surface area contributed by atoms with Crippen molar-refractivity contribution in [2.45, 2.75) is 20.0 Å². The first-order chi connectivity index (χ1) is 10.1. The van der Waals surface area contributed by atoms with Crippen LogP contribution in [0.3, 0.4) is 0 Å². The summed E-state index contributed by atoms with van der Waals surface area (Å²) in [5.74, 6) is -5.74. The highest BCUT2D eigenvalue weighted by Gasteiger charge is 2.53. The average molecular weight is 315 g/mol. The number of carboxylic acid groups (broad SMARTS) is 1. The van der Waals surface area contributed by atoms with Crippen LogP contribution >= 0.6 is 0 Å². The molecule has 2 atom stereocenters. The lowest BCUT2D eigenvalue weighted by atomic mass is 9.96. The standard InChI is InChI=1S/C15H16F3NO3/c1-8-3-4-10(5-9(8)2)13(20)19-6-11(14(21)22)12(7-19)15(16,17)18/h3-5,11-12H,6-7H2,1-2H3,(H,21,22)/t11-,12-/m1/s1. The highest BCUT2D eigenvalue weighted by atomic mass is 19.4. The summed E-state index contributed by atoms with van der Waals surface area (Å²) in [6.07, 6.45) is -4.64. The molecule has 120 valence electrons. The van der Waals surface area contributed by atoms with Crippen LogP contribution in [0.5, 0.6) is 0 Å². The molecule has 1 aromatic carbocycles. The number of halogens is 3. The number of aliphatic carboxylic acids is 1. The zero-order valence-corrected chi connectivity index (χ0v) is 12.1. The number of rotatable bonds is 2. The molecule has 0 radical (unpaired) electrons. The van der Waals surface area contributed by atoms with Gasteiger partial charge < -0.3 is 10.0 Å². The number of carbonyl (C=O) groups excluding carboxylic acids is 1. The molecule has 4 nitrogen and oxygen atoms in total. The number of carbonyl (C=O) groups is 2. The number of hydrogen-bond acceptors (Lipinski definition) is 2. The van der Waals surface area contributed by atoms with E-state index in [9.17, 15) is 22.8 Å². The summed E-state index contributed by atoms with van der Waals surface area (Å²) in [4.78, 5) is 24.3. The van der Waals surface area contributed by atoms with Gasteiger partial charge in [0.05, 0.1) is 11.8 Å². The van der Waals surface area contributed by atoms with Crippen LogP contribution < -0.4 is 0 Å². The van der Waals surface area contributed by atoms with Gasteiger partial charge in [-0.15, -0.1) is 0 Å². The number of likely N-dealkylation sites (tertiary alicyclic amines) is 1. The number of nitrogens with zero attached hydrogens (tertiary/aromatic N) is 1. The van der Waals surface area contributed by atoms with Crippen LogP contribution in [0.1, 0.15) is 21.5 Å². The molecule has 1 saturated heterocycles. The average Bonchev–Trinajstić information content (AvgIpc) is 2.86. The SMILES string of the molecule is Cc1ccc(C(=O)N2C[C@@H](C(F)(F)F)[C@H](C(=O)O)C2)cc1C. The van der Waals surface area contributed by atoms with Gasteiger partial charge in [-0.3, -0.25) is 9.59 Å². The molecule has 1 fully saturated rings. The molecular formula is C15H16F3NO3. The van der Waals surface area contributed by atoms with E-state index in [0.717, 1.165) is 16.0 Å². The van der Waals surface area contributed by atoms with Crippen LogP contribution in [-0.2, 0) is 4.79 Å². The van der Waals surface area contributed by atoms with Crippen LogP contribution in [0, 0.1) is 25.7 Å². The van der Waals surface area contributed by atoms with Gasteiger partial charge in [-0.1, -0.05) is 6.07 Å². The minimum Gasteiger partial charge on any atom is -0.481 e. The maximum Gasteiger partial charge on any atom is 0.394 e. The number of hydrogen-bond donors (Lipinski definition) is 1. The zero-order valence-electron chi connectivity index (χ0n) is 12.1. The van der Waals surface area contributed by atoms with Crippen molar-refractivity contribution in [3.8, 4) is 0 Å². The second kappa shape index (κ2) is 5.62. The van der Waals surface area contributed by atoms with Crippen molar-refractivity contribution in [2.75, 3.05) is 13.1 Å². The second-order valence-electron chi connectivity index (χ2n) is 5.60. The Morgan fingerprint density at radius 3 is 2.27 bits per heavy atom. The van der Waals surface area contributed by atoms with Crippen molar-refractivity contribution < 1.29 is 27.9 Å². The van der Waals surface area contributed by atoms with E-state index in [2.05, 4.69) is 0 Å². The highest BCUT2D eigenvalue weighted by molar-refractivity contribution is 5.95. The first kappa shape index (κ1) is 16.3. The molecule has 7 heteroatoms. The van der Waals surface area contributed by atoms with E-state index < -0.39 is 43.0 Å². The van der Waals surface area contributed by atoms with E-state index in [0.29, 0.717) is 0 Å². The monoisotopic (exact) mass is 315 g/mol. The lowest BCUT2D eigenvalue weighted by Crippen LogP contribution is -2.34. The maximum atomic E-state index is 12.9. The molecular weight excluding hydrogens is 299 g/mol. The van der Waals surface area contributed by atoms with Crippen LogP contribution in [0.2, 0.25) is 0 Å². The Bertz CT molecular complexity index is 613. The summed E-state index contributed by atoms with van der Waals surface area (Å²) in [7, 11) is 0. The van der Waals surface area contributed by atoms with E-state index in [1.54, 1.807) is 25.1 Å². The summed E-state index contributed by atoms with van der Waals surface area (Å²) in [5.41, 5.74) is 2.09. The minimum absolute atomic E-state index is 0.273. The van der Waals surface area contributed by atoms with E-state index >= 15 is 0 Å². The van der Waals surface area contributed by atoms with Crippen LogP contribution in [0.4, 0.5) is 13.2 Å². The number of benzene rings is 1. The zero-order chi connectivity index (χ0) is 16.7. The van der Waals surface area contributed by atoms with Crippen molar-refractivity contribution in [3.05, 3.63) is 34.9 Å². The Labute approximate surface area is 125 Å². The van der Waals surface area contributed by atoms with Gasteiger partial charge in [0.25, 0.3) is 5.91 Å². The van der Waals surface area contributed by atoms with E-state index in [4.69, 9.17) is 5.11 Å². The van der Waals surface area contributed by atoms with Crippen molar-refractivity contribution in [1.29, 1.82) is 0 Å². The lowest BCUT2D eigenvalue weighted by molar-refractivity contribution is -0.187.